The number of pyridine rings is 1. The third-order valence-corrected chi connectivity index (χ3v) is 2.71. The first-order chi connectivity index (χ1) is 9.47. The van der Waals surface area contributed by atoms with Crippen molar-refractivity contribution in [3.63, 3.8) is 0 Å². The molecule has 7 nitrogen and oxygen atoms in total. The molecule has 1 rings (SSSR count). The van der Waals surface area contributed by atoms with Crippen LogP contribution in [0.2, 0.25) is 0 Å². The first kappa shape index (κ1) is 16.1. The molecule has 2 unspecified atom stereocenters. The lowest BCUT2D eigenvalue weighted by molar-refractivity contribution is -0.119. The zero-order valence-corrected chi connectivity index (χ0v) is 11.4. The van der Waals surface area contributed by atoms with Gasteiger partial charge in [-0.1, -0.05) is 6.07 Å². The highest BCUT2D eigenvalue weighted by Gasteiger charge is 2.24. The minimum Gasteiger partial charge on any atom is -0.464 e. The van der Waals surface area contributed by atoms with Crippen molar-refractivity contribution in [2.45, 2.75) is 25.6 Å². The molecule has 2 atom stereocenters. The number of hydrogen-bond donors (Lipinski definition) is 3. The summed E-state index contributed by atoms with van der Waals surface area (Å²) in [5.41, 5.74) is 0.149. The van der Waals surface area contributed by atoms with E-state index in [0.29, 0.717) is 0 Å². The normalized spacial score (nSPS) is 13.4. The molecular weight excluding hydrogens is 264 g/mol. The van der Waals surface area contributed by atoms with Crippen molar-refractivity contribution in [1.29, 1.82) is 0 Å². The maximum atomic E-state index is 11.5. The number of aliphatic hydroxyl groups is 2. The van der Waals surface area contributed by atoms with E-state index < -0.39 is 18.2 Å². The zero-order valence-electron chi connectivity index (χ0n) is 11.4. The van der Waals surface area contributed by atoms with E-state index in [0.717, 1.165) is 0 Å². The minimum absolute atomic E-state index is 0.0407. The first-order valence-corrected chi connectivity index (χ1v) is 6.11. The lowest BCUT2D eigenvalue weighted by Crippen LogP contribution is -2.28. The highest BCUT2D eigenvalue weighted by Crippen LogP contribution is 2.21. The molecule has 0 bridgehead atoms. The van der Waals surface area contributed by atoms with Gasteiger partial charge in [-0.2, -0.15) is 0 Å². The predicted octanol–water partition coefficient (Wildman–Crippen LogP) is -0.211. The standard InChI is InChI=1S/C13H18N2O5/c1-8(16)14-7-5-10(17)12(18)9-4-3-6-15-11(9)13(19)20-2/h3-4,6,10,12,17-18H,5,7H2,1-2H3,(H,14,16). The van der Waals surface area contributed by atoms with Gasteiger partial charge < -0.3 is 20.3 Å². The van der Waals surface area contributed by atoms with Crippen LogP contribution in [-0.4, -0.2) is 46.8 Å². The molecule has 0 aliphatic heterocycles. The molecule has 0 aliphatic carbocycles. The minimum atomic E-state index is -1.29. The predicted molar refractivity (Wildman–Crippen MR) is 69.8 cm³/mol. The van der Waals surface area contributed by atoms with Gasteiger partial charge in [0.25, 0.3) is 0 Å². The second-order valence-electron chi connectivity index (χ2n) is 4.22. The summed E-state index contributed by atoms with van der Waals surface area (Å²) >= 11 is 0. The van der Waals surface area contributed by atoms with E-state index in [-0.39, 0.29) is 30.1 Å². The van der Waals surface area contributed by atoms with Crippen molar-refractivity contribution in [3.05, 3.63) is 29.6 Å². The average Bonchev–Trinajstić information content (AvgIpc) is 2.45. The summed E-state index contributed by atoms with van der Waals surface area (Å²) in [6.07, 6.45) is -0.872. The Hall–Kier alpha value is -1.99. The first-order valence-electron chi connectivity index (χ1n) is 6.11. The monoisotopic (exact) mass is 282 g/mol. The molecule has 20 heavy (non-hydrogen) atoms. The molecule has 0 aromatic carbocycles. The van der Waals surface area contributed by atoms with E-state index in [9.17, 15) is 19.8 Å². The van der Waals surface area contributed by atoms with Crippen LogP contribution in [0.1, 0.15) is 35.5 Å². The number of aliphatic hydroxyl groups excluding tert-OH is 2. The third-order valence-electron chi connectivity index (χ3n) is 2.71. The molecule has 7 heteroatoms. The van der Waals surface area contributed by atoms with Gasteiger partial charge in [-0.15, -0.1) is 0 Å². The van der Waals surface area contributed by atoms with Gasteiger partial charge in [-0.05, 0) is 12.5 Å². The van der Waals surface area contributed by atoms with Gasteiger partial charge in [0, 0.05) is 25.2 Å². The van der Waals surface area contributed by atoms with E-state index in [2.05, 4.69) is 15.0 Å². The number of aromatic nitrogens is 1. The number of rotatable bonds is 6. The van der Waals surface area contributed by atoms with Crippen LogP contribution >= 0.6 is 0 Å². The smallest absolute Gasteiger partial charge is 0.357 e. The number of nitrogens with one attached hydrogen (secondary N) is 1. The Morgan fingerprint density at radius 1 is 1.45 bits per heavy atom. The topological polar surface area (TPSA) is 109 Å². The van der Waals surface area contributed by atoms with Crippen molar-refractivity contribution < 1.29 is 24.5 Å². The van der Waals surface area contributed by atoms with Gasteiger partial charge >= 0.3 is 5.97 Å². The molecule has 110 valence electrons. The van der Waals surface area contributed by atoms with E-state index >= 15 is 0 Å². The highest BCUT2D eigenvalue weighted by molar-refractivity contribution is 5.88. The molecule has 0 aliphatic rings. The second kappa shape index (κ2) is 7.56. The van der Waals surface area contributed by atoms with Gasteiger partial charge in [0.05, 0.1) is 13.2 Å². The van der Waals surface area contributed by atoms with E-state index in [1.54, 1.807) is 6.07 Å². The molecule has 3 N–H and O–H groups in total. The fourth-order valence-corrected chi connectivity index (χ4v) is 1.68. The number of methoxy groups -OCH3 is 1. The van der Waals surface area contributed by atoms with Crippen molar-refractivity contribution in [2.24, 2.45) is 0 Å². The van der Waals surface area contributed by atoms with Crippen LogP contribution in [0.15, 0.2) is 18.3 Å². The maximum Gasteiger partial charge on any atom is 0.357 e. The Kier molecular flexibility index (Phi) is 6.08. The van der Waals surface area contributed by atoms with Gasteiger partial charge in [0.2, 0.25) is 5.91 Å². The van der Waals surface area contributed by atoms with Crippen molar-refractivity contribution in [2.75, 3.05) is 13.7 Å². The number of carbonyl (C=O) groups is 2. The molecule has 0 saturated carbocycles. The number of carbonyl (C=O) groups excluding carboxylic acids is 2. The van der Waals surface area contributed by atoms with Crippen LogP contribution in [0.5, 0.6) is 0 Å². The second-order valence-corrected chi connectivity index (χ2v) is 4.22. The van der Waals surface area contributed by atoms with Crippen LogP contribution in [0, 0.1) is 0 Å². The fourth-order valence-electron chi connectivity index (χ4n) is 1.68. The summed E-state index contributed by atoms with van der Waals surface area (Å²) in [6, 6.07) is 3.04. The Morgan fingerprint density at radius 3 is 2.75 bits per heavy atom. The number of esters is 1. The summed E-state index contributed by atoms with van der Waals surface area (Å²) in [5, 5.41) is 22.5. The summed E-state index contributed by atoms with van der Waals surface area (Å²) in [5.74, 6) is -0.906. The molecular formula is C13H18N2O5. The molecule has 1 amide bonds. The summed E-state index contributed by atoms with van der Waals surface area (Å²) in [7, 11) is 1.21. The average molecular weight is 282 g/mol. The quantitative estimate of drug-likeness (QED) is 0.623. The maximum absolute atomic E-state index is 11.5. The lowest BCUT2D eigenvalue weighted by atomic mass is 10.0. The van der Waals surface area contributed by atoms with Crippen molar-refractivity contribution in [3.8, 4) is 0 Å². The molecule has 0 fully saturated rings. The largest absolute Gasteiger partial charge is 0.464 e. The zero-order chi connectivity index (χ0) is 15.1. The van der Waals surface area contributed by atoms with Crippen LogP contribution in [0.3, 0.4) is 0 Å². The van der Waals surface area contributed by atoms with E-state index in [1.165, 1.54) is 26.3 Å². The molecule has 1 heterocycles. The molecule has 0 radical (unpaired) electrons. The van der Waals surface area contributed by atoms with Crippen molar-refractivity contribution >= 4 is 11.9 Å². The van der Waals surface area contributed by atoms with Gasteiger partial charge in [-0.25, -0.2) is 9.78 Å². The van der Waals surface area contributed by atoms with E-state index in [1.807, 2.05) is 0 Å². The molecule has 1 aromatic heterocycles. The Morgan fingerprint density at radius 2 is 2.15 bits per heavy atom. The van der Waals surface area contributed by atoms with Gasteiger partial charge in [-0.3, -0.25) is 4.79 Å². The Bertz CT molecular complexity index is 478. The number of ether oxygens (including phenoxy) is 1. The Labute approximate surface area is 116 Å². The SMILES string of the molecule is COC(=O)c1ncccc1C(O)C(O)CCNC(C)=O. The third kappa shape index (κ3) is 4.29. The Balaban J connectivity index is 2.78. The fraction of sp³-hybridized carbons (Fsp3) is 0.462. The van der Waals surface area contributed by atoms with Crippen LogP contribution in [0.4, 0.5) is 0 Å². The van der Waals surface area contributed by atoms with Gasteiger partial charge in [0.15, 0.2) is 5.69 Å². The summed E-state index contributed by atoms with van der Waals surface area (Å²) < 4.78 is 4.57. The number of nitrogens with zero attached hydrogens (tertiary/aromatic N) is 1. The van der Waals surface area contributed by atoms with Crippen LogP contribution in [-0.2, 0) is 9.53 Å². The highest BCUT2D eigenvalue weighted by atomic mass is 16.5. The summed E-state index contributed by atoms with van der Waals surface area (Å²) in [4.78, 5) is 26.1. The van der Waals surface area contributed by atoms with Gasteiger partial charge in [0.1, 0.15) is 6.10 Å². The lowest BCUT2D eigenvalue weighted by Gasteiger charge is -2.19. The van der Waals surface area contributed by atoms with Crippen molar-refractivity contribution in [1.82, 2.24) is 10.3 Å². The van der Waals surface area contributed by atoms with E-state index in [4.69, 9.17) is 0 Å². The molecule has 1 aromatic rings. The molecule has 0 spiro atoms. The van der Waals surface area contributed by atoms with Crippen LogP contribution < -0.4 is 5.32 Å². The number of hydrogen-bond acceptors (Lipinski definition) is 6. The molecule has 0 saturated heterocycles. The number of amides is 1. The van der Waals surface area contributed by atoms with Crippen LogP contribution in [0.25, 0.3) is 0 Å². The summed E-state index contributed by atoms with van der Waals surface area (Å²) in [6.45, 7) is 1.58.